The second kappa shape index (κ2) is 11.1. The first-order chi connectivity index (χ1) is 17.2. The molecule has 0 atom stereocenters. The van der Waals surface area contributed by atoms with Gasteiger partial charge in [0.15, 0.2) is 5.11 Å². The molecule has 0 saturated carbocycles. The number of thiocarbonyl (C=S) groups is 1. The molecule has 1 aliphatic heterocycles. The van der Waals surface area contributed by atoms with Crippen molar-refractivity contribution in [3.8, 4) is 0 Å². The minimum Gasteiger partial charge on any atom is -0.366 e. The third-order valence-corrected chi connectivity index (χ3v) is 8.55. The van der Waals surface area contributed by atoms with Gasteiger partial charge in [-0.3, -0.25) is 10.1 Å². The Morgan fingerprint density at radius 2 is 1.53 bits per heavy atom. The van der Waals surface area contributed by atoms with Gasteiger partial charge in [0.25, 0.3) is 5.91 Å². The summed E-state index contributed by atoms with van der Waals surface area (Å²) in [5, 5.41) is 6.56. The first kappa shape index (κ1) is 26.4. The molecule has 1 fully saturated rings. The van der Waals surface area contributed by atoms with E-state index in [-0.39, 0.29) is 10.0 Å². The maximum atomic E-state index is 13.1. The van der Waals surface area contributed by atoms with E-state index in [4.69, 9.17) is 35.4 Å². The summed E-state index contributed by atoms with van der Waals surface area (Å²) in [5.41, 5.74) is 2.58. The molecule has 188 valence electrons. The third-order valence-electron chi connectivity index (χ3n) is 5.79. The Bertz CT molecular complexity index is 1390. The second-order valence-corrected chi connectivity index (χ2v) is 11.4. The van der Waals surface area contributed by atoms with Gasteiger partial charge in [0.2, 0.25) is 10.0 Å². The molecule has 0 aliphatic carbocycles. The Morgan fingerprint density at radius 3 is 2.19 bits per heavy atom. The van der Waals surface area contributed by atoms with Gasteiger partial charge in [-0.25, -0.2) is 8.42 Å². The van der Waals surface area contributed by atoms with Crippen molar-refractivity contribution in [2.45, 2.75) is 11.8 Å². The highest BCUT2D eigenvalue weighted by atomic mass is 35.5. The van der Waals surface area contributed by atoms with E-state index in [2.05, 4.69) is 10.6 Å². The zero-order chi connectivity index (χ0) is 25.9. The lowest BCUT2D eigenvalue weighted by molar-refractivity contribution is 0.0978. The number of hydrogen-bond donors (Lipinski definition) is 2. The number of halogens is 2. The SMILES string of the molecule is Cc1ccc(S(=O)(=O)N2CCN(c3c(Cl)cccc3NC(=S)NC(=O)c3ccccc3Cl)CC2)cc1. The zero-order valence-corrected chi connectivity index (χ0v) is 22.5. The maximum Gasteiger partial charge on any atom is 0.258 e. The average molecular weight is 564 g/mol. The van der Waals surface area contributed by atoms with Crippen molar-refractivity contribution in [1.82, 2.24) is 9.62 Å². The molecule has 1 heterocycles. The lowest BCUT2D eigenvalue weighted by atomic mass is 10.2. The molecule has 3 aromatic carbocycles. The van der Waals surface area contributed by atoms with Crippen LogP contribution in [0.1, 0.15) is 15.9 Å². The van der Waals surface area contributed by atoms with Gasteiger partial charge in [-0.1, -0.05) is 59.1 Å². The number of hydrogen-bond acceptors (Lipinski definition) is 5. The molecule has 2 N–H and O–H groups in total. The van der Waals surface area contributed by atoms with Crippen molar-refractivity contribution in [2.75, 3.05) is 36.4 Å². The molecule has 0 unspecified atom stereocenters. The first-order valence-electron chi connectivity index (χ1n) is 11.1. The average Bonchev–Trinajstić information content (AvgIpc) is 2.85. The number of sulfonamides is 1. The van der Waals surface area contributed by atoms with E-state index >= 15 is 0 Å². The van der Waals surface area contributed by atoms with Gasteiger partial charge in [0, 0.05) is 26.2 Å². The van der Waals surface area contributed by atoms with Crippen LogP contribution in [0.25, 0.3) is 0 Å². The van der Waals surface area contributed by atoms with Gasteiger partial charge < -0.3 is 10.2 Å². The number of aryl methyl sites for hydroxylation is 1. The van der Waals surface area contributed by atoms with Crippen molar-refractivity contribution in [2.24, 2.45) is 0 Å². The van der Waals surface area contributed by atoms with Gasteiger partial charge in [-0.2, -0.15) is 4.31 Å². The number of nitrogens with one attached hydrogen (secondary N) is 2. The lowest BCUT2D eigenvalue weighted by Crippen LogP contribution is -2.49. The van der Waals surface area contributed by atoms with Crippen molar-refractivity contribution in [1.29, 1.82) is 0 Å². The molecular weight excluding hydrogens is 539 g/mol. The Balaban J connectivity index is 1.46. The smallest absolute Gasteiger partial charge is 0.258 e. The topological polar surface area (TPSA) is 81.8 Å². The van der Waals surface area contributed by atoms with E-state index in [9.17, 15) is 13.2 Å². The van der Waals surface area contributed by atoms with Crippen LogP contribution in [-0.4, -0.2) is 49.9 Å². The van der Waals surface area contributed by atoms with Crippen LogP contribution in [0.4, 0.5) is 11.4 Å². The molecule has 1 aliphatic rings. The maximum absolute atomic E-state index is 13.1. The van der Waals surface area contributed by atoms with Crippen LogP contribution in [0.2, 0.25) is 10.0 Å². The molecule has 36 heavy (non-hydrogen) atoms. The zero-order valence-electron chi connectivity index (χ0n) is 19.4. The molecule has 0 aromatic heterocycles. The molecule has 11 heteroatoms. The van der Waals surface area contributed by atoms with Crippen molar-refractivity contribution in [3.05, 3.63) is 87.9 Å². The molecule has 0 spiro atoms. The molecule has 1 saturated heterocycles. The minimum absolute atomic E-state index is 0.0871. The number of anilines is 2. The molecular formula is C25H24Cl2N4O3S2. The molecule has 0 bridgehead atoms. The Kier molecular flexibility index (Phi) is 8.17. The molecule has 0 radical (unpaired) electrons. The number of carbonyl (C=O) groups excluding carboxylic acids is 1. The number of para-hydroxylation sites is 1. The first-order valence-corrected chi connectivity index (χ1v) is 13.7. The fourth-order valence-electron chi connectivity index (χ4n) is 3.92. The van der Waals surface area contributed by atoms with Gasteiger partial charge in [-0.15, -0.1) is 0 Å². The monoisotopic (exact) mass is 562 g/mol. The van der Waals surface area contributed by atoms with E-state index in [1.807, 2.05) is 11.8 Å². The summed E-state index contributed by atoms with van der Waals surface area (Å²) < 4.78 is 27.6. The summed E-state index contributed by atoms with van der Waals surface area (Å²) in [6.45, 7) is 3.38. The van der Waals surface area contributed by atoms with E-state index in [0.29, 0.717) is 53.2 Å². The van der Waals surface area contributed by atoms with Crippen molar-refractivity contribution in [3.63, 3.8) is 0 Å². The highest BCUT2D eigenvalue weighted by molar-refractivity contribution is 7.89. The van der Waals surface area contributed by atoms with Crippen LogP contribution in [0.15, 0.2) is 71.6 Å². The summed E-state index contributed by atoms with van der Waals surface area (Å²) in [6, 6.07) is 18.8. The predicted octanol–water partition coefficient (Wildman–Crippen LogP) is 4.94. The van der Waals surface area contributed by atoms with Gasteiger partial charge in [-0.05, 0) is 55.5 Å². The van der Waals surface area contributed by atoms with Crippen LogP contribution in [0.3, 0.4) is 0 Å². The third kappa shape index (κ3) is 5.82. The van der Waals surface area contributed by atoms with Crippen LogP contribution in [0.5, 0.6) is 0 Å². The summed E-state index contributed by atoms with van der Waals surface area (Å²) in [5.74, 6) is -0.434. The van der Waals surface area contributed by atoms with Crippen LogP contribution in [-0.2, 0) is 10.0 Å². The number of carbonyl (C=O) groups is 1. The lowest BCUT2D eigenvalue weighted by Gasteiger charge is -2.36. The summed E-state index contributed by atoms with van der Waals surface area (Å²) >= 11 is 18.0. The Labute approximate surface area is 226 Å². The Morgan fingerprint density at radius 1 is 0.889 bits per heavy atom. The highest BCUT2D eigenvalue weighted by Gasteiger charge is 2.30. The van der Waals surface area contributed by atoms with E-state index in [1.54, 1.807) is 66.7 Å². The van der Waals surface area contributed by atoms with Crippen LogP contribution in [0, 0.1) is 6.92 Å². The summed E-state index contributed by atoms with van der Waals surface area (Å²) in [4.78, 5) is 14.8. The van der Waals surface area contributed by atoms with Crippen molar-refractivity contribution >= 4 is 67.8 Å². The van der Waals surface area contributed by atoms with Gasteiger partial charge in [0.05, 0.1) is 31.9 Å². The summed E-state index contributed by atoms with van der Waals surface area (Å²) in [7, 11) is -3.59. The largest absolute Gasteiger partial charge is 0.366 e. The number of benzene rings is 3. The molecule has 4 rings (SSSR count). The van der Waals surface area contributed by atoms with E-state index < -0.39 is 15.9 Å². The fourth-order valence-corrected chi connectivity index (χ4v) is 6.06. The standard InChI is InChI=1S/C25H24Cl2N4O3S2/c1-17-9-11-18(12-10-17)36(33,34)31-15-13-30(14-16-31)23-21(27)7-4-8-22(23)28-25(35)29-24(32)19-5-2-3-6-20(19)26/h2-12H,13-16H2,1H3,(H2,28,29,32,35). The number of piperazine rings is 1. The molecule has 3 aromatic rings. The normalized spacial score (nSPS) is 14.4. The summed E-state index contributed by atoms with van der Waals surface area (Å²) in [6.07, 6.45) is 0. The van der Waals surface area contributed by atoms with Crippen molar-refractivity contribution < 1.29 is 13.2 Å². The van der Waals surface area contributed by atoms with Gasteiger partial charge >= 0.3 is 0 Å². The van der Waals surface area contributed by atoms with Crippen LogP contribution >= 0.6 is 35.4 Å². The van der Waals surface area contributed by atoms with E-state index in [0.717, 1.165) is 5.56 Å². The minimum atomic E-state index is -3.59. The number of rotatable bonds is 5. The van der Waals surface area contributed by atoms with Gasteiger partial charge in [0.1, 0.15) is 0 Å². The molecule has 1 amide bonds. The van der Waals surface area contributed by atoms with Crippen LogP contribution < -0.4 is 15.5 Å². The predicted molar refractivity (Wildman–Crippen MR) is 149 cm³/mol. The second-order valence-electron chi connectivity index (χ2n) is 8.23. The molecule has 7 nitrogen and oxygen atoms in total. The quantitative estimate of drug-likeness (QED) is 0.428. The number of amides is 1. The Hall–Kier alpha value is -2.69. The van der Waals surface area contributed by atoms with E-state index in [1.165, 1.54) is 4.31 Å². The highest BCUT2D eigenvalue weighted by Crippen LogP contribution is 2.35. The fraction of sp³-hybridized carbons (Fsp3) is 0.200. The number of nitrogens with zero attached hydrogens (tertiary/aromatic N) is 2.